The Kier molecular flexibility index (Phi) is 4.88. The molecule has 0 bridgehead atoms. The fourth-order valence-corrected chi connectivity index (χ4v) is 1.64. The second-order valence-corrected chi connectivity index (χ2v) is 4.15. The summed E-state index contributed by atoms with van der Waals surface area (Å²) >= 11 is 0. The van der Waals surface area contributed by atoms with Crippen molar-refractivity contribution in [2.75, 3.05) is 13.7 Å². The Hall–Kier alpha value is -2.88. The highest BCUT2D eigenvalue weighted by molar-refractivity contribution is 5.84. The Labute approximate surface area is 121 Å². The number of hydrogen-bond donors (Lipinski definition) is 0. The molecule has 2 aromatic rings. The molecule has 0 radical (unpaired) electrons. The number of aromatic nitrogens is 3. The first-order valence-electron chi connectivity index (χ1n) is 6.29. The number of hydrogen-bond acceptors (Lipinski definition) is 6. The predicted molar refractivity (Wildman–Crippen MR) is 72.6 cm³/mol. The molecule has 0 fully saturated rings. The lowest BCUT2D eigenvalue weighted by Gasteiger charge is -2.06. The number of methoxy groups -OCH3 is 1. The Morgan fingerprint density at radius 2 is 2.14 bits per heavy atom. The highest BCUT2D eigenvalue weighted by Crippen LogP contribution is 2.12. The molecule has 0 aliphatic rings. The summed E-state index contributed by atoms with van der Waals surface area (Å²) in [5.74, 6) is 0.172. The van der Waals surface area contributed by atoms with Crippen molar-refractivity contribution < 1.29 is 14.3 Å². The van der Waals surface area contributed by atoms with E-state index in [0.29, 0.717) is 25.3 Å². The van der Waals surface area contributed by atoms with Gasteiger partial charge in [0.05, 0.1) is 26.1 Å². The zero-order valence-corrected chi connectivity index (χ0v) is 11.5. The zero-order chi connectivity index (χ0) is 15.1. The van der Waals surface area contributed by atoms with E-state index >= 15 is 0 Å². The van der Waals surface area contributed by atoms with Gasteiger partial charge in [0.25, 0.3) is 5.82 Å². The third-order valence-corrected chi connectivity index (χ3v) is 2.70. The molecule has 7 heteroatoms. The minimum atomic E-state index is -0.567. The van der Waals surface area contributed by atoms with Gasteiger partial charge in [-0.25, -0.2) is 14.5 Å². The van der Waals surface area contributed by atoms with Crippen molar-refractivity contribution >= 4 is 5.97 Å². The molecule has 21 heavy (non-hydrogen) atoms. The number of nitriles is 1. The van der Waals surface area contributed by atoms with Crippen molar-refractivity contribution in [1.82, 2.24) is 14.8 Å². The summed E-state index contributed by atoms with van der Waals surface area (Å²) in [5, 5.41) is 12.6. The molecule has 0 amide bonds. The lowest BCUT2D eigenvalue weighted by Crippen LogP contribution is -2.10. The predicted octanol–water partition coefficient (Wildman–Crippen LogP) is 1.21. The van der Waals surface area contributed by atoms with Gasteiger partial charge in [-0.3, -0.25) is 0 Å². The molecule has 0 aliphatic carbocycles. The molecular formula is C14H14N4O3. The van der Waals surface area contributed by atoms with Crippen molar-refractivity contribution in [2.24, 2.45) is 0 Å². The van der Waals surface area contributed by atoms with Gasteiger partial charge in [0.1, 0.15) is 18.7 Å². The lowest BCUT2D eigenvalue weighted by atomic mass is 10.2. The van der Waals surface area contributed by atoms with Gasteiger partial charge in [-0.1, -0.05) is 12.1 Å². The number of benzene rings is 1. The molecule has 2 rings (SSSR count). The van der Waals surface area contributed by atoms with Gasteiger partial charge >= 0.3 is 5.97 Å². The smallest absolute Gasteiger partial charge is 0.377 e. The molecule has 7 nitrogen and oxygen atoms in total. The third-order valence-electron chi connectivity index (χ3n) is 2.70. The van der Waals surface area contributed by atoms with Crippen LogP contribution in [0.5, 0.6) is 5.75 Å². The quantitative estimate of drug-likeness (QED) is 0.741. The summed E-state index contributed by atoms with van der Waals surface area (Å²) in [6, 6.07) is 9.42. The molecule has 0 aliphatic heterocycles. The van der Waals surface area contributed by atoms with Crippen LogP contribution < -0.4 is 4.74 Å². The third kappa shape index (κ3) is 4.04. The van der Waals surface area contributed by atoms with E-state index in [1.165, 1.54) is 18.1 Å². The number of ether oxygens (including phenoxy) is 2. The van der Waals surface area contributed by atoms with Gasteiger partial charge in [0, 0.05) is 0 Å². The van der Waals surface area contributed by atoms with E-state index in [1.807, 2.05) is 24.3 Å². The van der Waals surface area contributed by atoms with Crippen molar-refractivity contribution in [3.63, 3.8) is 0 Å². The Balaban J connectivity index is 1.82. The Morgan fingerprint density at radius 1 is 1.38 bits per heavy atom. The minimum absolute atomic E-state index is 0.0263. The largest absolute Gasteiger partial charge is 0.492 e. The van der Waals surface area contributed by atoms with Gasteiger partial charge in [-0.15, -0.1) is 5.10 Å². The second kappa shape index (κ2) is 7.05. The van der Waals surface area contributed by atoms with Gasteiger partial charge in [-0.2, -0.15) is 5.26 Å². The monoisotopic (exact) mass is 286 g/mol. The standard InChI is InChI=1S/C14H14N4O3/c1-20-14(19)13-16-10-18(17-13)8-9-21-12-4-2-11(3-5-12)6-7-15/h2-5,10H,6,8-9H2,1H3. The molecule has 1 aromatic carbocycles. The molecule has 108 valence electrons. The van der Waals surface area contributed by atoms with Crippen LogP contribution in [0.25, 0.3) is 0 Å². The molecule has 1 heterocycles. The van der Waals surface area contributed by atoms with Crippen LogP contribution in [-0.4, -0.2) is 34.5 Å². The van der Waals surface area contributed by atoms with E-state index in [-0.39, 0.29) is 5.82 Å². The summed E-state index contributed by atoms with van der Waals surface area (Å²) < 4.78 is 11.6. The minimum Gasteiger partial charge on any atom is -0.492 e. The first-order valence-corrected chi connectivity index (χ1v) is 6.29. The van der Waals surface area contributed by atoms with Gasteiger partial charge in [0.15, 0.2) is 0 Å². The summed E-state index contributed by atoms with van der Waals surface area (Å²) in [6.45, 7) is 0.853. The maximum Gasteiger partial charge on any atom is 0.377 e. The van der Waals surface area contributed by atoms with E-state index in [0.717, 1.165) is 5.56 Å². The Bertz CT molecular complexity index is 643. The van der Waals surface area contributed by atoms with Crippen molar-refractivity contribution in [3.05, 3.63) is 42.0 Å². The molecule has 0 N–H and O–H groups in total. The molecule has 0 saturated carbocycles. The fraction of sp³-hybridized carbons (Fsp3) is 0.286. The Morgan fingerprint density at radius 3 is 2.81 bits per heavy atom. The number of rotatable bonds is 6. The number of carbonyl (C=O) groups is 1. The first-order chi connectivity index (χ1) is 10.2. The molecule has 0 spiro atoms. The van der Waals surface area contributed by atoms with Gasteiger partial charge in [-0.05, 0) is 17.7 Å². The van der Waals surface area contributed by atoms with Crippen molar-refractivity contribution in [1.29, 1.82) is 5.26 Å². The van der Waals surface area contributed by atoms with Crippen LogP contribution in [0.3, 0.4) is 0 Å². The van der Waals surface area contributed by atoms with E-state index < -0.39 is 5.97 Å². The normalized spacial score (nSPS) is 9.90. The van der Waals surface area contributed by atoms with Crippen LogP contribution in [0.1, 0.15) is 16.2 Å². The summed E-state index contributed by atoms with van der Waals surface area (Å²) in [7, 11) is 1.28. The SMILES string of the molecule is COC(=O)c1ncn(CCOc2ccc(CC#N)cc2)n1. The number of nitrogens with zero attached hydrogens (tertiary/aromatic N) is 4. The maximum absolute atomic E-state index is 11.2. The van der Waals surface area contributed by atoms with Crippen LogP contribution in [-0.2, 0) is 17.7 Å². The van der Waals surface area contributed by atoms with E-state index in [1.54, 1.807) is 0 Å². The van der Waals surface area contributed by atoms with Crippen LogP contribution >= 0.6 is 0 Å². The molecule has 0 unspecified atom stereocenters. The zero-order valence-electron chi connectivity index (χ0n) is 11.5. The van der Waals surface area contributed by atoms with E-state index in [4.69, 9.17) is 10.00 Å². The van der Waals surface area contributed by atoms with Gasteiger partial charge in [0.2, 0.25) is 0 Å². The molecule has 0 atom stereocenters. The van der Waals surface area contributed by atoms with E-state index in [9.17, 15) is 4.79 Å². The fourth-order valence-electron chi connectivity index (χ4n) is 1.64. The number of esters is 1. The highest BCUT2D eigenvalue weighted by atomic mass is 16.5. The lowest BCUT2D eigenvalue weighted by molar-refractivity contribution is 0.0586. The average molecular weight is 286 g/mol. The van der Waals surface area contributed by atoms with Crippen LogP contribution in [0.2, 0.25) is 0 Å². The average Bonchev–Trinajstić information content (AvgIpc) is 2.97. The summed E-state index contributed by atoms with van der Waals surface area (Å²) in [4.78, 5) is 15.0. The van der Waals surface area contributed by atoms with Crippen molar-refractivity contribution in [3.8, 4) is 11.8 Å². The maximum atomic E-state index is 11.2. The first kappa shape index (κ1) is 14.5. The van der Waals surface area contributed by atoms with Crippen LogP contribution in [0, 0.1) is 11.3 Å². The topological polar surface area (TPSA) is 90.0 Å². The number of carbonyl (C=O) groups excluding carboxylic acids is 1. The van der Waals surface area contributed by atoms with Gasteiger partial charge < -0.3 is 9.47 Å². The molecule has 0 saturated heterocycles. The molecular weight excluding hydrogens is 272 g/mol. The van der Waals surface area contributed by atoms with Crippen molar-refractivity contribution in [2.45, 2.75) is 13.0 Å². The second-order valence-electron chi connectivity index (χ2n) is 4.15. The highest BCUT2D eigenvalue weighted by Gasteiger charge is 2.10. The van der Waals surface area contributed by atoms with E-state index in [2.05, 4.69) is 20.9 Å². The van der Waals surface area contributed by atoms with Crippen LogP contribution in [0.4, 0.5) is 0 Å². The summed E-state index contributed by atoms with van der Waals surface area (Å²) in [5.41, 5.74) is 0.948. The summed E-state index contributed by atoms with van der Waals surface area (Å²) in [6.07, 6.45) is 1.83. The van der Waals surface area contributed by atoms with Crippen LogP contribution in [0.15, 0.2) is 30.6 Å². The molecule has 1 aromatic heterocycles.